The largest absolute Gasteiger partial charge is 0.472 e. The molecule has 3 rings (SSSR count). The van der Waals surface area contributed by atoms with Gasteiger partial charge in [0, 0.05) is 25.4 Å². The van der Waals surface area contributed by atoms with Crippen LogP contribution in [0.2, 0.25) is 0 Å². The maximum absolute atomic E-state index is 13.1. The Labute approximate surface area is 147 Å². The number of hydrogen-bond donors (Lipinski definition) is 0. The Hall–Kier alpha value is -2.00. The second-order valence-corrected chi connectivity index (χ2v) is 8.00. The van der Waals surface area contributed by atoms with Crippen LogP contribution in [0, 0.1) is 13.8 Å². The molecule has 0 radical (unpaired) electrons. The SMILES string of the molecule is CCn1nc(C)c(S(=O)(=O)N2CCC[C@H](Oc3cccnn3)C2)c1C. The molecule has 0 aliphatic carbocycles. The van der Waals surface area contributed by atoms with E-state index < -0.39 is 10.0 Å². The lowest BCUT2D eigenvalue weighted by molar-refractivity contribution is 0.123. The van der Waals surface area contributed by atoms with Crippen molar-refractivity contribution in [3.63, 3.8) is 0 Å². The van der Waals surface area contributed by atoms with Crippen molar-refractivity contribution in [1.29, 1.82) is 0 Å². The molecule has 136 valence electrons. The lowest BCUT2D eigenvalue weighted by atomic mass is 10.1. The number of aryl methyl sites for hydroxylation is 2. The summed E-state index contributed by atoms with van der Waals surface area (Å²) < 4.78 is 35.3. The third-order valence-electron chi connectivity index (χ3n) is 4.39. The van der Waals surface area contributed by atoms with Gasteiger partial charge in [0.25, 0.3) is 0 Å². The zero-order valence-corrected chi connectivity index (χ0v) is 15.5. The molecule has 1 aliphatic heterocycles. The van der Waals surface area contributed by atoms with E-state index in [0.29, 0.717) is 41.8 Å². The summed E-state index contributed by atoms with van der Waals surface area (Å²) in [6.07, 6.45) is 2.86. The molecule has 1 fully saturated rings. The maximum Gasteiger partial charge on any atom is 0.246 e. The van der Waals surface area contributed by atoms with Crippen molar-refractivity contribution in [1.82, 2.24) is 24.3 Å². The molecule has 25 heavy (non-hydrogen) atoms. The van der Waals surface area contributed by atoms with Gasteiger partial charge in [-0.3, -0.25) is 4.68 Å². The van der Waals surface area contributed by atoms with Crippen LogP contribution in [0.4, 0.5) is 0 Å². The van der Waals surface area contributed by atoms with Gasteiger partial charge in [0.05, 0.1) is 17.9 Å². The standard InChI is InChI=1S/C16H23N5O3S/c1-4-21-13(3)16(12(2)19-21)25(22,23)20-10-6-7-14(11-20)24-15-8-5-9-17-18-15/h5,8-9,14H,4,6-7,10-11H2,1-3H3/t14-/m0/s1. The van der Waals surface area contributed by atoms with Gasteiger partial charge in [0.1, 0.15) is 11.0 Å². The number of ether oxygens (including phenoxy) is 1. The lowest BCUT2D eigenvalue weighted by Gasteiger charge is -2.31. The van der Waals surface area contributed by atoms with Gasteiger partial charge in [-0.05, 0) is 39.7 Å². The van der Waals surface area contributed by atoms with Crippen molar-refractivity contribution >= 4 is 10.0 Å². The van der Waals surface area contributed by atoms with E-state index in [1.807, 2.05) is 6.92 Å². The summed E-state index contributed by atoms with van der Waals surface area (Å²) in [5, 5.41) is 12.0. The molecule has 0 amide bonds. The third-order valence-corrected chi connectivity index (χ3v) is 6.51. The monoisotopic (exact) mass is 365 g/mol. The van der Waals surface area contributed by atoms with Gasteiger partial charge in [-0.2, -0.15) is 14.5 Å². The highest BCUT2D eigenvalue weighted by Gasteiger charge is 2.35. The average molecular weight is 365 g/mol. The summed E-state index contributed by atoms with van der Waals surface area (Å²) in [4.78, 5) is 0.314. The van der Waals surface area contributed by atoms with Crippen molar-refractivity contribution in [3.05, 3.63) is 29.7 Å². The van der Waals surface area contributed by atoms with Crippen LogP contribution in [0.5, 0.6) is 5.88 Å². The number of hydrogen-bond acceptors (Lipinski definition) is 6. The molecule has 2 aromatic rings. The summed E-state index contributed by atoms with van der Waals surface area (Å²) in [7, 11) is -3.60. The fraction of sp³-hybridized carbons (Fsp3) is 0.562. The number of nitrogens with zero attached hydrogens (tertiary/aromatic N) is 5. The van der Waals surface area contributed by atoms with Gasteiger partial charge in [-0.1, -0.05) is 0 Å². The van der Waals surface area contributed by atoms with Crippen molar-refractivity contribution in [2.45, 2.75) is 51.2 Å². The molecule has 1 saturated heterocycles. The van der Waals surface area contributed by atoms with E-state index in [4.69, 9.17) is 4.74 Å². The van der Waals surface area contributed by atoms with Crippen molar-refractivity contribution in [2.75, 3.05) is 13.1 Å². The second-order valence-electron chi connectivity index (χ2n) is 6.12. The summed E-state index contributed by atoms with van der Waals surface area (Å²) in [6, 6.07) is 3.46. The molecule has 0 saturated carbocycles. The fourth-order valence-electron chi connectivity index (χ4n) is 3.23. The number of rotatable bonds is 5. The minimum absolute atomic E-state index is 0.234. The molecule has 1 aliphatic rings. The van der Waals surface area contributed by atoms with E-state index in [2.05, 4.69) is 15.3 Å². The molecule has 3 heterocycles. The van der Waals surface area contributed by atoms with Gasteiger partial charge in [-0.25, -0.2) is 8.42 Å². The number of piperidine rings is 1. The second kappa shape index (κ2) is 7.09. The van der Waals surface area contributed by atoms with Gasteiger partial charge in [0.2, 0.25) is 15.9 Å². The zero-order valence-electron chi connectivity index (χ0n) is 14.7. The first kappa shape index (κ1) is 17.8. The molecular weight excluding hydrogens is 342 g/mol. The van der Waals surface area contributed by atoms with E-state index in [1.165, 1.54) is 4.31 Å². The Morgan fingerprint density at radius 3 is 2.80 bits per heavy atom. The predicted octanol–water partition coefficient (Wildman–Crippen LogP) is 1.54. The quantitative estimate of drug-likeness (QED) is 0.798. The molecular formula is C16H23N5O3S. The Kier molecular flexibility index (Phi) is 5.05. The first-order chi connectivity index (χ1) is 11.9. The minimum Gasteiger partial charge on any atom is -0.472 e. The first-order valence-corrected chi connectivity index (χ1v) is 9.86. The van der Waals surface area contributed by atoms with Crippen molar-refractivity contribution in [3.8, 4) is 5.88 Å². The molecule has 9 heteroatoms. The van der Waals surface area contributed by atoms with E-state index in [0.717, 1.165) is 12.8 Å². The molecule has 0 spiro atoms. The third kappa shape index (κ3) is 3.52. The Morgan fingerprint density at radius 1 is 1.36 bits per heavy atom. The van der Waals surface area contributed by atoms with Gasteiger partial charge in [-0.15, -0.1) is 5.10 Å². The van der Waals surface area contributed by atoms with E-state index >= 15 is 0 Å². The predicted molar refractivity (Wildman–Crippen MR) is 91.8 cm³/mol. The molecule has 8 nitrogen and oxygen atoms in total. The smallest absolute Gasteiger partial charge is 0.246 e. The minimum atomic E-state index is -3.60. The van der Waals surface area contributed by atoms with E-state index in [1.54, 1.807) is 36.9 Å². The van der Waals surface area contributed by atoms with Crippen LogP contribution in [0.3, 0.4) is 0 Å². The van der Waals surface area contributed by atoms with Crippen LogP contribution in [0.1, 0.15) is 31.2 Å². The average Bonchev–Trinajstić information content (AvgIpc) is 2.90. The lowest BCUT2D eigenvalue weighted by Crippen LogP contribution is -2.44. The summed E-state index contributed by atoms with van der Waals surface area (Å²) in [5.74, 6) is 0.415. The van der Waals surface area contributed by atoms with Crippen LogP contribution in [-0.4, -0.2) is 51.9 Å². The Balaban J connectivity index is 1.82. The normalized spacial score (nSPS) is 19.1. The maximum atomic E-state index is 13.1. The zero-order chi connectivity index (χ0) is 18.0. The molecule has 0 unspecified atom stereocenters. The van der Waals surface area contributed by atoms with Crippen molar-refractivity contribution < 1.29 is 13.2 Å². The van der Waals surface area contributed by atoms with E-state index in [-0.39, 0.29) is 6.10 Å². The first-order valence-electron chi connectivity index (χ1n) is 8.42. The molecule has 0 aromatic carbocycles. The Bertz CT molecular complexity index is 835. The summed E-state index contributed by atoms with van der Waals surface area (Å²) in [6.45, 7) is 6.91. The molecule has 1 atom stereocenters. The highest BCUT2D eigenvalue weighted by molar-refractivity contribution is 7.89. The van der Waals surface area contributed by atoms with Crippen LogP contribution in [0.25, 0.3) is 0 Å². The van der Waals surface area contributed by atoms with Crippen LogP contribution >= 0.6 is 0 Å². The number of aromatic nitrogens is 4. The highest BCUT2D eigenvalue weighted by atomic mass is 32.2. The van der Waals surface area contributed by atoms with E-state index in [9.17, 15) is 8.42 Å². The fourth-order valence-corrected chi connectivity index (χ4v) is 5.11. The number of sulfonamides is 1. The van der Waals surface area contributed by atoms with Gasteiger partial charge >= 0.3 is 0 Å². The molecule has 0 bridgehead atoms. The molecule has 2 aromatic heterocycles. The van der Waals surface area contributed by atoms with Crippen LogP contribution in [-0.2, 0) is 16.6 Å². The van der Waals surface area contributed by atoms with Crippen LogP contribution < -0.4 is 4.74 Å². The van der Waals surface area contributed by atoms with Gasteiger partial charge in [0.15, 0.2) is 0 Å². The van der Waals surface area contributed by atoms with Crippen molar-refractivity contribution in [2.24, 2.45) is 0 Å². The van der Waals surface area contributed by atoms with Crippen LogP contribution in [0.15, 0.2) is 23.2 Å². The van der Waals surface area contributed by atoms with Gasteiger partial charge < -0.3 is 4.74 Å². The summed E-state index contributed by atoms with van der Waals surface area (Å²) in [5.41, 5.74) is 1.22. The topological polar surface area (TPSA) is 90.2 Å². The highest BCUT2D eigenvalue weighted by Crippen LogP contribution is 2.27. The molecule has 0 N–H and O–H groups in total. The Morgan fingerprint density at radius 2 is 2.16 bits per heavy atom. The summed E-state index contributed by atoms with van der Waals surface area (Å²) >= 11 is 0.